The van der Waals surface area contributed by atoms with Crippen LogP contribution < -0.4 is 5.32 Å². The van der Waals surface area contributed by atoms with Crippen LogP contribution in [0.1, 0.15) is 4.88 Å². The summed E-state index contributed by atoms with van der Waals surface area (Å²) in [7, 11) is 0. The first-order valence-corrected chi connectivity index (χ1v) is 5.66. The summed E-state index contributed by atoms with van der Waals surface area (Å²) in [5.41, 5.74) is 0. The van der Waals surface area contributed by atoms with E-state index in [-0.39, 0.29) is 6.61 Å². The molecule has 0 saturated heterocycles. The zero-order valence-electron chi connectivity index (χ0n) is 7.83. The Kier molecular flexibility index (Phi) is 6.14. The Morgan fingerprint density at radius 2 is 2.29 bits per heavy atom. The van der Waals surface area contributed by atoms with Gasteiger partial charge in [-0.25, -0.2) is 0 Å². The van der Waals surface area contributed by atoms with Crippen molar-refractivity contribution in [2.75, 3.05) is 26.4 Å². The van der Waals surface area contributed by atoms with Gasteiger partial charge >= 0.3 is 0 Å². The number of aliphatic hydroxyl groups excluding tert-OH is 1. The standard InChI is InChI=1S/C9H14ClNO2S/c10-9-2-1-8(14-9)7-11-3-5-13-6-4-12/h1-2,11-12H,3-7H2. The molecule has 1 aromatic heterocycles. The molecular weight excluding hydrogens is 222 g/mol. The summed E-state index contributed by atoms with van der Waals surface area (Å²) in [6.45, 7) is 2.72. The molecule has 0 atom stereocenters. The normalized spacial score (nSPS) is 10.7. The molecule has 3 nitrogen and oxygen atoms in total. The zero-order valence-corrected chi connectivity index (χ0v) is 9.40. The van der Waals surface area contributed by atoms with Crippen LogP contribution in [0.2, 0.25) is 4.34 Å². The molecule has 14 heavy (non-hydrogen) atoms. The zero-order chi connectivity index (χ0) is 10.2. The highest BCUT2D eigenvalue weighted by Crippen LogP contribution is 2.20. The highest BCUT2D eigenvalue weighted by molar-refractivity contribution is 7.16. The average molecular weight is 236 g/mol. The highest BCUT2D eigenvalue weighted by atomic mass is 35.5. The Morgan fingerprint density at radius 3 is 2.93 bits per heavy atom. The second-order valence-electron chi connectivity index (χ2n) is 2.72. The molecule has 1 heterocycles. The first-order chi connectivity index (χ1) is 6.83. The Balaban J connectivity index is 1.99. The van der Waals surface area contributed by atoms with Gasteiger partial charge < -0.3 is 15.2 Å². The summed E-state index contributed by atoms with van der Waals surface area (Å²) in [6, 6.07) is 3.90. The molecule has 0 aliphatic rings. The van der Waals surface area contributed by atoms with E-state index in [1.807, 2.05) is 12.1 Å². The number of nitrogens with one attached hydrogen (secondary N) is 1. The van der Waals surface area contributed by atoms with E-state index < -0.39 is 0 Å². The fraction of sp³-hybridized carbons (Fsp3) is 0.556. The molecular formula is C9H14ClNO2S. The molecule has 80 valence electrons. The molecule has 2 N–H and O–H groups in total. The van der Waals surface area contributed by atoms with Crippen molar-refractivity contribution in [3.63, 3.8) is 0 Å². The smallest absolute Gasteiger partial charge is 0.0931 e. The molecule has 0 unspecified atom stereocenters. The van der Waals surface area contributed by atoms with Crippen molar-refractivity contribution in [3.05, 3.63) is 21.3 Å². The molecule has 0 bridgehead atoms. The van der Waals surface area contributed by atoms with Gasteiger partial charge in [0.2, 0.25) is 0 Å². The van der Waals surface area contributed by atoms with E-state index in [0.717, 1.165) is 17.4 Å². The maximum atomic E-state index is 8.45. The van der Waals surface area contributed by atoms with E-state index in [0.29, 0.717) is 13.2 Å². The van der Waals surface area contributed by atoms with Crippen LogP contribution in [0.25, 0.3) is 0 Å². The Hall–Kier alpha value is -0.130. The average Bonchev–Trinajstić information content (AvgIpc) is 2.58. The van der Waals surface area contributed by atoms with Crippen molar-refractivity contribution in [1.29, 1.82) is 0 Å². The summed E-state index contributed by atoms with van der Waals surface area (Å²) in [6.07, 6.45) is 0. The number of hydrogen-bond acceptors (Lipinski definition) is 4. The predicted octanol–water partition coefficient (Wildman–Crippen LogP) is 1.50. The van der Waals surface area contributed by atoms with Crippen LogP contribution in [0.5, 0.6) is 0 Å². The molecule has 0 spiro atoms. The van der Waals surface area contributed by atoms with Crippen LogP contribution in [-0.2, 0) is 11.3 Å². The number of rotatable bonds is 7. The van der Waals surface area contributed by atoms with Crippen LogP contribution in [0.3, 0.4) is 0 Å². The topological polar surface area (TPSA) is 41.5 Å². The summed E-state index contributed by atoms with van der Waals surface area (Å²) in [4.78, 5) is 1.22. The third kappa shape index (κ3) is 4.93. The van der Waals surface area contributed by atoms with Crippen LogP contribution in [-0.4, -0.2) is 31.5 Å². The summed E-state index contributed by atoms with van der Waals surface area (Å²) < 4.78 is 5.91. The second kappa shape index (κ2) is 7.20. The fourth-order valence-corrected chi connectivity index (χ4v) is 2.03. The van der Waals surface area contributed by atoms with Gasteiger partial charge in [0.05, 0.1) is 24.2 Å². The largest absolute Gasteiger partial charge is 0.394 e. The Morgan fingerprint density at radius 1 is 1.43 bits per heavy atom. The van der Waals surface area contributed by atoms with E-state index in [9.17, 15) is 0 Å². The van der Waals surface area contributed by atoms with Gasteiger partial charge in [-0.1, -0.05) is 11.6 Å². The Bertz CT molecular complexity index is 255. The number of aliphatic hydroxyl groups is 1. The van der Waals surface area contributed by atoms with E-state index in [1.54, 1.807) is 11.3 Å². The van der Waals surface area contributed by atoms with Crippen LogP contribution >= 0.6 is 22.9 Å². The minimum Gasteiger partial charge on any atom is -0.394 e. The fourth-order valence-electron chi connectivity index (χ4n) is 0.969. The molecule has 0 aromatic carbocycles. The van der Waals surface area contributed by atoms with Gasteiger partial charge in [0.1, 0.15) is 0 Å². The third-order valence-corrected chi connectivity index (χ3v) is 2.82. The minimum absolute atomic E-state index is 0.0839. The number of hydrogen-bond donors (Lipinski definition) is 2. The monoisotopic (exact) mass is 235 g/mol. The lowest BCUT2D eigenvalue weighted by atomic mass is 10.4. The van der Waals surface area contributed by atoms with Crippen LogP contribution in [0.15, 0.2) is 12.1 Å². The highest BCUT2D eigenvalue weighted by Gasteiger charge is 1.96. The van der Waals surface area contributed by atoms with Crippen LogP contribution in [0, 0.1) is 0 Å². The SMILES string of the molecule is OCCOCCNCc1ccc(Cl)s1. The number of ether oxygens (including phenoxy) is 1. The van der Waals surface area contributed by atoms with Gasteiger partial charge in [-0.15, -0.1) is 11.3 Å². The van der Waals surface area contributed by atoms with Gasteiger partial charge in [0, 0.05) is 18.0 Å². The van der Waals surface area contributed by atoms with E-state index in [2.05, 4.69) is 5.32 Å². The van der Waals surface area contributed by atoms with Crippen molar-refractivity contribution < 1.29 is 9.84 Å². The second-order valence-corrected chi connectivity index (χ2v) is 4.52. The predicted molar refractivity (Wildman–Crippen MR) is 58.9 cm³/mol. The van der Waals surface area contributed by atoms with Crippen molar-refractivity contribution in [2.24, 2.45) is 0 Å². The molecule has 1 aromatic rings. The summed E-state index contributed by atoms with van der Waals surface area (Å²) in [5.74, 6) is 0. The minimum atomic E-state index is 0.0839. The molecule has 1 rings (SSSR count). The van der Waals surface area contributed by atoms with Crippen molar-refractivity contribution >= 4 is 22.9 Å². The lowest BCUT2D eigenvalue weighted by molar-refractivity contribution is 0.0938. The van der Waals surface area contributed by atoms with Gasteiger partial charge in [-0.2, -0.15) is 0 Å². The van der Waals surface area contributed by atoms with E-state index in [1.165, 1.54) is 4.88 Å². The molecule has 0 amide bonds. The van der Waals surface area contributed by atoms with Crippen LogP contribution in [0.4, 0.5) is 0 Å². The number of thiophene rings is 1. The van der Waals surface area contributed by atoms with Gasteiger partial charge in [0.25, 0.3) is 0 Å². The lowest BCUT2D eigenvalue weighted by Crippen LogP contribution is -2.19. The van der Waals surface area contributed by atoms with Gasteiger partial charge in [-0.05, 0) is 12.1 Å². The number of halogens is 1. The van der Waals surface area contributed by atoms with Gasteiger partial charge in [0.15, 0.2) is 0 Å². The quantitative estimate of drug-likeness (QED) is 0.704. The Labute approximate surface area is 92.7 Å². The van der Waals surface area contributed by atoms with E-state index >= 15 is 0 Å². The molecule has 0 aliphatic heterocycles. The summed E-state index contributed by atoms with van der Waals surface area (Å²) >= 11 is 7.36. The third-order valence-electron chi connectivity index (χ3n) is 1.59. The van der Waals surface area contributed by atoms with Gasteiger partial charge in [-0.3, -0.25) is 0 Å². The van der Waals surface area contributed by atoms with Crippen molar-refractivity contribution in [1.82, 2.24) is 5.32 Å². The molecule has 0 saturated carbocycles. The van der Waals surface area contributed by atoms with Crippen molar-refractivity contribution in [3.8, 4) is 0 Å². The first-order valence-electron chi connectivity index (χ1n) is 4.46. The molecule has 5 heteroatoms. The van der Waals surface area contributed by atoms with E-state index in [4.69, 9.17) is 21.4 Å². The molecule has 0 radical (unpaired) electrons. The molecule has 0 fully saturated rings. The summed E-state index contributed by atoms with van der Waals surface area (Å²) in [5, 5.41) is 11.7. The first kappa shape index (κ1) is 11.9. The maximum absolute atomic E-state index is 8.45. The lowest BCUT2D eigenvalue weighted by Gasteiger charge is -2.03. The van der Waals surface area contributed by atoms with Crippen molar-refractivity contribution in [2.45, 2.75) is 6.54 Å². The molecule has 0 aliphatic carbocycles. The maximum Gasteiger partial charge on any atom is 0.0931 e.